The monoisotopic (exact) mass is 436 g/mol. The lowest BCUT2D eigenvalue weighted by Crippen LogP contribution is -2.59. The number of fused-ring (bicyclic) bond motifs is 1. The van der Waals surface area contributed by atoms with Crippen LogP contribution >= 0.6 is 0 Å². The summed E-state index contributed by atoms with van der Waals surface area (Å²) in [4.78, 5) is 0. The summed E-state index contributed by atoms with van der Waals surface area (Å²) in [5.41, 5.74) is 0. The Labute approximate surface area is 184 Å². The number of rotatable bonds is 4. The Balaban J connectivity index is 1.10. The van der Waals surface area contributed by atoms with Gasteiger partial charge in [-0.1, -0.05) is 6.42 Å². The van der Waals surface area contributed by atoms with Crippen LogP contribution in [0.3, 0.4) is 0 Å². The van der Waals surface area contributed by atoms with Crippen molar-refractivity contribution in [1.82, 2.24) is 0 Å². The van der Waals surface area contributed by atoms with Gasteiger partial charge < -0.3 is 33.5 Å². The predicted octanol–water partition coefficient (Wildman–Crippen LogP) is 2.73. The van der Waals surface area contributed by atoms with Crippen LogP contribution in [-0.4, -0.2) is 67.2 Å². The SMILES string of the molecule is OCCOC1C(C2COC3(O2)C2CC4CC(C2)CC3C4)OC2OC3(CCCCC3)OC21. The van der Waals surface area contributed by atoms with Crippen LogP contribution < -0.4 is 0 Å². The predicted molar refractivity (Wildman–Crippen MR) is 108 cm³/mol. The van der Waals surface area contributed by atoms with Gasteiger partial charge in [0.25, 0.3) is 0 Å². The van der Waals surface area contributed by atoms with Gasteiger partial charge in [0.05, 0.1) is 19.8 Å². The van der Waals surface area contributed by atoms with Gasteiger partial charge in [-0.2, -0.15) is 0 Å². The van der Waals surface area contributed by atoms with Crippen LogP contribution in [-0.2, 0) is 28.4 Å². The van der Waals surface area contributed by atoms with Crippen molar-refractivity contribution in [1.29, 1.82) is 0 Å². The minimum absolute atomic E-state index is 0.0223. The van der Waals surface area contributed by atoms with E-state index in [2.05, 4.69) is 0 Å². The Kier molecular flexibility index (Phi) is 4.78. The molecule has 174 valence electrons. The van der Waals surface area contributed by atoms with Crippen molar-refractivity contribution in [3.8, 4) is 0 Å². The van der Waals surface area contributed by atoms with Crippen LogP contribution in [0.4, 0.5) is 0 Å². The largest absolute Gasteiger partial charge is 0.394 e. The average Bonchev–Trinajstić information content (AvgIpc) is 3.43. The van der Waals surface area contributed by atoms with E-state index in [-0.39, 0.29) is 37.6 Å². The van der Waals surface area contributed by atoms with E-state index in [1.165, 1.54) is 38.5 Å². The lowest BCUT2D eigenvalue weighted by molar-refractivity contribution is -0.305. The molecule has 8 fully saturated rings. The van der Waals surface area contributed by atoms with E-state index in [0.29, 0.717) is 18.4 Å². The zero-order chi connectivity index (χ0) is 20.6. The molecular formula is C24H36O7. The van der Waals surface area contributed by atoms with Crippen molar-refractivity contribution in [2.24, 2.45) is 23.7 Å². The molecule has 3 heterocycles. The molecule has 7 nitrogen and oxygen atoms in total. The van der Waals surface area contributed by atoms with Crippen LogP contribution in [0.2, 0.25) is 0 Å². The summed E-state index contributed by atoms with van der Waals surface area (Å²) in [7, 11) is 0. The fraction of sp³-hybridized carbons (Fsp3) is 1.00. The fourth-order valence-corrected chi connectivity index (χ4v) is 8.31. The summed E-state index contributed by atoms with van der Waals surface area (Å²) in [5.74, 6) is 1.84. The molecule has 5 saturated carbocycles. The summed E-state index contributed by atoms with van der Waals surface area (Å²) in [5, 5.41) is 9.40. The van der Waals surface area contributed by atoms with E-state index in [1.54, 1.807) is 0 Å². The van der Waals surface area contributed by atoms with E-state index in [4.69, 9.17) is 28.4 Å². The van der Waals surface area contributed by atoms with Crippen LogP contribution in [0, 0.1) is 23.7 Å². The average molecular weight is 437 g/mol. The molecule has 2 spiro atoms. The molecule has 0 radical (unpaired) electrons. The molecule has 5 aliphatic carbocycles. The number of hydrogen-bond acceptors (Lipinski definition) is 7. The molecule has 8 aliphatic rings. The van der Waals surface area contributed by atoms with Crippen molar-refractivity contribution < 1.29 is 33.5 Å². The van der Waals surface area contributed by atoms with Crippen LogP contribution in [0.25, 0.3) is 0 Å². The van der Waals surface area contributed by atoms with E-state index < -0.39 is 17.9 Å². The topological polar surface area (TPSA) is 75.6 Å². The van der Waals surface area contributed by atoms with Crippen molar-refractivity contribution in [2.45, 2.75) is 106 Å². The van der Waals surface area contributed by atoms with Crippen molar-refractivity contribution >= 4 is 0 Å². The minimum atomic E-state index is -0.519. The second kappa shape index (κ2) is 7.36. The molecule has 3 aliphatic heterocycles. The van der Waals surface area contributed by atoms with Gasteiger partial charge in [-0.25, -0.2) is 0 Å². The van der Waals surface area contributed by atoms with Crippen molar-refractivity contribution in [3.63, 3.8) is 0 Å². The molecule has 5 unspecified atom stereocenters. The summed E-state index contributed by atoms with van der Waals surface area (Å²) in [6.45, 7) is 0.777. The molecule has 31 heavy (non-hydrogen) atoms. The first-order chi connectivity index (χ1) is 15.2. The molecule has 4 bridgehead atoms. The molecule has 1 N–H and O–H groups in total. The second-order valence-electron chi connectivity index (χ2n) is 11.2. The van der Waals surface area contributed by atoms with E-state index in [9.17, 15) is 5.11 Å². The smallest absolute Gasteiger partial charge is 0.190 e. The van der Waals surface area contributed by atoms with Crippen LogP contribution in [0.1, 0.15) is 64.2 Å². The standard InChI is InChI=1S/C24H36O7/c25-6-7-26-20-19(28-22-21(20)30-23(31-22)4-2-1-3-5-23)18-13-27-24(29-18)16-9-14-8-15(11-16)12-17(24)10-14/h14-22,25H,1-13H2. The molecule has 3 saturated heterocycles. The number of aliphatic hydroxyl groups excluding tert-OH is 1. The first-order valence-electron chi connectivity index (χ1n) is 12.7. The maximum atomic E-state index is 9.40. The van der Waals surface area contributed by atoms with E-state index >= 15 is 0 Å². The van der Waals surface area contributed by atoms with Crippen molar-refractivity contribution in [2.75, 3.05) is 19.8 Å². The van der Waals surface area contributed by atoms with Gasteiger partial charge in [-0.15, -0.1) is 0 Å². The molecule has 8 rings (SSSR count). The molecular weight excluding hydrogens is 400 g/mol. The third kappa shape index (κ3) is 3.04. The normalized spacial score (nSPS) is 54.3. The van der Waals surface area contributed by atoms with E-state index in [1.807, 2.05) is 0 Å². The Morgan fingerprint density at radius 3 is 2.29 bits per heavy atom. The zero-order valence-electron chi connectivity index (χ0n) is 18.3. The Morgan fingerprint density at radius 2 is 1.58 bits per heavy atom. The molecule has 0 aromatic heterocycles. The number of aliphatic hydroxyl groups is 1. The highest BCUT2D eigenvalue weighted by Crippen LogP contribution is 2.62. The van der Waals surface area contributed by atoms with Gasteiger partial charge >= 0.3 is 0 Å². The first kappa shape index (κ1) is 20.1. The third-order valence-corrected chi connectivity index (χ3v) is 9.36. The summed E-state index contributed by atoms with van der Waals surface area (Å²) >= 11 is 0. The number of hydrogen-bond donors (Lipinski definition) is 1. The first-order valence-corrected chi connectivity index (χ1v) is 12.7. The maximum Gasteiger partial charge on any atom is 0.190 e. The van der Waals surface area contributed by atoms with Gasteiger partial charge in [-0.05, 0) is 56.8 Å². The lowest BCUT2D eigenvalue weighted by Gasteiger charge is -2.58. The highest BCUT2D eigenvalue weighted by atomic mass is 16.9. The lowest BCUT2D eigenvalue weighted by atomic mass is 9.53. The number of ether oxygens (including phenoxy) is 6. The second-order valence-corrected chi connectivity index (χ2v) is 11.2. The van der Waals surface area contributed by atoms with Gasteiger partial charge in [-0.3, -0.25) is 0 Å². The minimum Gasteiger partial charge on any atom is -0.394 e. The van der Waals surface area contributed by atoms with Gasteiger partial charge in [0.15, 0.2) is 17.9 Å². The molecule has 5 atom stereocenters. The van der Waals surface area contributed by atoms with Gasteiger partial charge in [0.1, 0.15) is 24.4 Å². The van der Waals surface area contributed by atoms with Crippen LogP contribution in [0.5, 0.6) is 0 Å². The van der Waals surface area contributed by atoms with Gasteiger partial charge in [0, 0.05) is 24.7 Å². The summed E-state index contributed by atoms with van der Waals surface area (Å²) in [6, 6.07) is 0. The maximum absolute atomic E-state index is 9.40. The molecule has 0 aromatic rings. The summed E-state index contributed by atoms with van der Waals surface area (Å²) in [6.07, 6.45) is 10.2. The van der Waals surface area contributed by atoms with Crippen LogP contribution in [0.15, 0.2) is 0 Å². The Hall–Kier alpha value is -0.280. The molecule has 0 aromatic carbocycles. The highest BCUT2D eigenvalue weighted by molar-refractivity contribution is 5.08. The third-order valence-electron chi connectivity index (χ3n) is 9.36. The Bertz CT molecular complexity index is 663. The zero-order valence-corrected chi connectivity index (χ0v) is 18.3. The highest BCUT2D eigenvalue weighted by Gasteiger charge is 2.66. The summed E-state index contributed by atoms with van der Waals surface area (Å²) < 4.78 is 38.8. The quantitative estimate of drug-likeness (QED) is 0.726. The molecule has 0 amide bonds. The van der Waals surface area contributed by atoms with Gasteiger partial charge in [0.2, 0.25) is 0 Å². The van der Waals surface area contributed by atoms with Crippen molar-refractivity contribution in [3.05, 3.63) is 0 Å². The van der Waals surface area contributed by atoms with E-state index in [0.717, 1.165) is 37.5 Å². The fourth-order valence-electron chi connectivity index (χ4n) is 8.31. The molecule has 7 heteroatoms. The Morgan fingerprint density at radius 1 is 0.839 bits per heavy atom.